The number of nitrogens with one attached hydrogen (secondary N) is 1. The summed E-state index contributed by atoms with van der Waals surface area (Å²) in [5.74, 6) is -0.0351. The van der Waals surface area contributed by atoms with Crippen molar-refractivity contribution >= 4 is 5.91 Å². The van der Waals surface area contributed by atoms with Crippen LogP contribution in [0.3, 0.4) is 0 Å². The number of unbranched alkanes of at least 4 members (excludes halogenated alkanes) is 1. The van der Waals surface area contributed by atoms with Crippen molar-refractivity contribution in [3.05, 3.63) is 60.2 Å². The van der Waals surface area contributed by atoms with Gasteiger partial charge in [0.2, 0.25) is 5.91 Å². The molecule has 2 heteroatoms. The molecule has 0 bridgehead atoms. The van der Waals surface area contributed by atoms with Crippen LogP contribution in [0.5, 0.6) is 0 Å². The molecule has 0 spiro atoms. The zero-order chi connectivity index (χ0) is 13.1. The van der Waals surface area contributed by atoms with Crippen molar-refractivity contribution in [2.45, 2.75) is 26.2 Å². The molecule has 0 aliphatic rings. The van der Waals surface area contributed by atoms with E-state index in [-0.39, 0.29) is 5.91 Å². The SMILES string of the molecule is CCCC=CC=CC(=O)NCCc1ccccc1. The van der Waals surface area contributed by atoms with Gasteiger partial charge < -0.3 is 5.32 Å². The Labute approximate surface area is 109 Å². The molecular formula is C16H21NO. The summed E-state index contributed by atoms with van der Waals surface area (Å²) < 4.78 is 0. The molecule has 1 N–H and O–H groups in total. The fourth-order valence-corrected chi connectivity index (χ4v) is 1.52. The first-order valence-electron chi connectivity index (χ1n) is 6.48. The van der Waals surface area contributed by atoms with Crippen LogP contribution in [0.4, 0.5) is 0 Å². The third kappa shape index (κ3) is 6.69. The Kier molecular flexibility index (Phi) is 7.29. The van der Waals surface area contributed by atoms with Crippen LogP contribution >= 0.6 is 0 Å². The topological polar surface area (TPSA) is 29.1 Å². The van der Waals surface area contributed by atoms with Crippen LogP contribution in [-0.4, -0.2) is 12.5 Å². The molecule has 96 valence electrons. The smallest absolute Gasteiger partial charge is 0.243 e. The zero-order valence-corrected chi connectivity index (χ0v) is 10.9. The van der Waals surface area contributed by atoms with Crippen LogP contribution in [0.2, 0.25) is 0 Å². The molecular weight excluding hydrogens is 222 g/mol. The highest BCUT2D eigenvalue weighted by Gasteiger charge is 1.94. The van der Waals surface area contributed by atoms with Crippen molar-refractivity contribution < 1.29 is 4.79 Å². The predicted molar refractivity (Wildman–Crippen MR) is 76.3 cm³/mol. The van der Waals surface area contributed by atoms with Gasteiger partial charge in [0.05, 0.1) is 0 Å². The molecule has 18 heavy (non-hydrogen) atoms. The summed E-state index contributed by atoms with van der Waals surface area (Å²) >= 11 is 0. The lowest BCUT2D eigenvalue weighted by atomic mass is 10.1. The fraction of sp³-hybridized carbons (Fsp3) is 0.312. The summed E-state index contributed by atoms with van der Waals surface area (Å²) in [4.78, 5) is 11.4. The number of hydrogen-bond donors (Lipinski definition) is 1. The lowest BCUT2D eigenvalue weighted by molar-refractivity contribution is -0.116. The van der Waals surface area contributed by atoms with Gasteiger partial charge in [0.1, 0.15) is 0 Å². The van der Waals surface area contributed by atoms with Crippen molar-refractivity contribution in [1.29, 1.82) is 0 Å². The molecule has 1 amide bonds. The maximum atomic E-state index is 11.4. The minimum absolute atomic E-state index is 0.0351. The van der Waals surface area contributed by atoms with Crippen LogP contribution in [0.1, 0.15) is 25.3 Å². The predicted octanol–water partition coefficient (Wildman–Crippen LogP) is 3.26. The van der Waals surface area contributed by atoms with Gasteiger partial charge in [-0.2, -0.15) is 0 Å². The van der Waals surface area contributed by atoms with E-state index in [1.54, 1.807) is 12.2 Å². The Hall–Kier alpha value is -1.83. The van der Waals surface area contributed by atoms with E-state index >= 15 is 0 Å². The van der Waals surface area contributed by atoms with Crippen LogP contribution in [-0.2, 0) is 11.2 Å². The van der Waals surface area contributed by atoms with Crippen LogP contribution in [0, 0.1) is 0 Å². The van der Waals surface area contributed by atoms with Gasteiger partial charge in [-0.25, -0.2) is 0 Å². The van der Waals surface area contributed by atoms with Crippen molar-refractivity contribution in [3.8, 4) is 0 Å². The Morgan fingerprint density at radius 3 is 2.72 bits per heavy atom. The molecule has 0 aromatic heterocycles. The summed E-state index contributed by atoms with van der Waals surface area (Å²) in [6.45, 7) is 2.80. The molecule has 0 heterocycles. The Morgan fingerprint density at radius 1 is 1.22 bits per heavy atom. The second-order valence-corrected chi connectivity index (χ2v) is 4.10. The standard InChI is InChI=1S/C16H21NO/c1-2-3-4-5-9-12-16(18)17-14-13-15-10-7-6-8-11-15/h4-12H,2-3,13-14H2,1H3,(H,17,18). The first-order chi connectivity index (χ1) is 8.83. The summed E-state index contributed by atoms with van der Waals surface area (Å²) in [5.41, 5.74) is 1.24. The van der Waals surface area contributed by atoms with Crippen LogP contribution in [0.25, 0.3) is 0 Å². The van der Waals surface area contributed by atoms with Crippen molar-refractivity contribution in [2.24, 2.45) is 0 Å². The second kappa shape index (κ2) is 9.23. The molecule has 0 saturated carbocycles. The number of amides is 1. The van der Waals surface area contributed by atoms with Crippen molar-refractivity contribution in [2.75, 3.05) is 6.54 Å². The summed E-state index contributed by atoms with van der Waals surface area (Å²) in [7, 11) is 0. The number of rotatable bonds is 7. The van der Waals surface area contributed by atoms with E-state index in [1.807, 2.05) is 24.3 Å². The maximum absolute atomic E-state index is 11.4. The summed E-state index contributed by atoms with van der Waals surface area (Å²) in [6.07, 6.45) is 10.4. The second-order valence-electron chi connectivity index (χ2n) is 4.10. The first-order valence-corrected chi connectivity index (χ1v) is 6.48. The fourth-order valence-electron chi connectivity index (χ4n) is 1.52. The Balaban J connectivity index is 2.17. The molecule has 0 saturated heterocycles. The van der Waals surface area contributed by atoms with Gasteiger partial charge in [-0.05, 0) is 18.4 Å². The van der Waals surface area contributed by atoms with Gasteiger partial charge in [0.15, 0.2) is 0 Å². The van der Waals surface area contributed by atoms with Crippen LogP contribution < -0.4 is 5.32 Å². The molecule has 2 nitrogen and oxygen atoms in total. The monoisotopic (exact) mass is 243 g/mol. The highest BCUT2D eigenvalue weighted by molar-refractivity contribution is 5.87. The lowest BCUT2D eigenvalue weighted by Crippen LogP contribution is -2.23. The van der Waals surface area contributed by atoms with E-state index in [2.05, 4.69) is 30.4 Å². The number of carbonyl (C=O) groups is 1. The molecule has 1 rings (SSSR count). The summed E-state index contributed by atoms with van der Waals surface area (Å²) in [6, 6.07) is 10.1. The van der Waals surface area contributed by atoms with E-state index in [0.717, 1.165) is 19.3 Å². The van der Waals surface area contributed by atoms with E-state index in [0.29, 0.717) is 6.54 Å². The minimum Gasteiger partial charge on any atom is -0.352 e. The molecule has 0 unspecified atom stereocenters. The molecule has 0 aliphatic heterocycles. The highest BCUT2D eigenvalue weighted by atomic mass is 16.1. The molecule has 0 aliphatic carbocycles. The normalized spacial score (nSPS) is 11.2. The first kappa shape index (κ1) is 14.2. The Morgan fingerprint density at radius 2 is 2.00 bits per heavy atom. The van der Waals surface area contributed by atoms with Gasteiger partial charge >= 0.3 is 0 Å². The average Bonchev–Trinajstić information content (AvgIpc) is 2.40. The maximum Gasteiger partial charge on any atom is 0.243 e. The van der Waals surface area contributed by atoms with Crippen molar-refractivity contribution in [3.63, 3.8) is 0 Å². The number of hydrogen-bond acceptors (Lipinski definition) is 1. The van der Waals surface area contributed by atoms with Gasteiger partial charge in [-0.15, -0.1) is 0 Å². The molecule has 1 aromatic rings. The largest absolute Gasteiger partial charge is 0.352 e. The van der Waals surface area contributed by atoms with Crippen molar-refractivity contribution in [1.82, 2.24) is 5.32 Å². The molecule has 0 fully saturated rings. The molecule has 1 aromatic carbocycles. The van der Waals surface area contributed by atoms with Gasteiger partial charge in [0, 0.05) is 12.6 Å². The average molecular weight is 243 g/mol. The van der Waals surface area contributed by atoms with E-state index in [4.69, 9.17) is 0 Å². The van der Waals surface area contributed by atoms with Gasteiger partial charge in [-0.1, -0.05) is 61.9 Å². The van der Waals surface area contributed by atoms with E-state index in [1.165, 1.54) is 5.56 Å². The number of allylic oxidation sites excluding steroid dienone is 3. The number of carbonyl (C=O) groups excluding carboxylic acids is 1. The van der Waals surface area contributed by atoms with Gasteiger partial charge in [-0.3, -0.25) is 4.79 Å². The van der Waals surface area contributed by atoms with E-state index in [9.17, 15) is 4.79 Å². The third-order valence-corrected chi connectivity index (χ3v) is 2.51. The molecule has 0 atom stereocenters. The highest BCUT2D eigenvalue weighted by Crippen LogP contribution is 1.98. The van der Waals surface area contributed by atoms with Crippen LogP contribution in [0.15, 0.2) is 54.6 Å². The third-order valence-electron chi connectivity index (χ3n) is 2.51. The Bertz CT molecular complexity index is 393. The lowest BCUT2D eigenvalue weighted by Gasteiger charge is -2.01. The number of benzene rings is 1. The van der Waals surface area contributed by atoms with E-state index < -0.39 is 0 Å². The van der Waals surface area contributed by atoms with Gasteiger partial charge in [0.25, 0.3) is 0 Å². The minimum atomic E-state index is -0.0351. The zero-order valence-electron chi connectivity index (χ0n) is 10.9. The quantitative estimate of drug-likeness (QED) is 0.578. The molecule has 0 radical (unpaired) electrons. The summed E-state index contributed by atoms with van der Waals surface area (Å²) in [5, 5.41) is 2.86.